The molecule has 13 heteroatoms. The zero-order valence-corrected chi connectivity index (χ0v) is 29.6. The number of aromatic nitrogens is 4. The van der Waals surface area contributed by atoms with Crippen molar-refractivity contribution in [2.24, 2.45) is 5.92 Å². The summed E-state index contributed by atoms with van der Waals surface area (Å²) in [7, 11) is 3.14. The number of nitrogens with zero attached hydrogens (tertiary/aromatic N) is 5. The van der Waals surface area contributed by atoms with Crippen molar-refractivity contribution in [3.8, 4) is 45.4 Å². The first-order chi connectivity index (χ1) is 23.5. The molecule has 0 aliphatic carbocycles. The van der Waals surface area contributed by atoms with E-state index >= 15 is 0 Å². The average molecular weight is 707 g/mol. The highest BCUT2D eigenvalue weighted by atomic mass is 35.5. The van der Waals surface area contributed by atoms with Crippen molar-refractivity contribution < 1.29 is 19.4 Å². The minimum Gasteiger partial charge on any atom is -0.480 e. The molecule has 2 atom stereocenters. The summed E-state index contributed by atoms with van der Waals surface area (Å²) in [4.78, 5) is 32.6. The molecule has 6 rings (SSSR count). The van der Waals surface area contributed by atoms with Crippen molar-refractivity contribution in [1.29, 1.82) is 0 Å². The van der Waals surface area contributed by atoms with Crippen molar-refractivity contribution in [3.05, 3.63) is 70.2 Å². The van der Waals surface area contributed by atoms with Crippen molar-refractivity contribution >= 4 is 29.1 Å². The van der Waals surface area contributed by atoms with Crippen LogP contribution in [-0.4, -0.2) is 81.3 Å². The summed E-state index contributed by atoms with van der Waals surface area (Å²) in [5.74, 6) is 1.11. The number of likely N-dealkylation sites (tertiary alicyclic amines) is 1. The number of halogens is 2. The van der Waals surface area contributed by atoms with E-state index in [0.29, 0.717) is 76.1 Å². The maximum absolute atomic E-state index is 11.5. The third kappa shape index (κ3) is 7.81. The number of rotatable bonds is 12. The van der Waals surface area contributed by atoms with Crippen LogP contribution in [0.1, 0.15) is 44.5 Å². The molecule has 258 valence electrons. The SMILES string of the molecule is COc1nc(-c2cccc(-c3cccc(-c4cnc(CN5CCC(C(C)(C)O)C5)c(OC)n4)c3Cl)c2Cl)cnc1CNC[C@@H]1CCC(=O)N1. The molecule has 2 aliphatic rings. The Morgan fingerprint density at radius 1 is 0.918 bits per heavy atom. The Balaban J connectivity index is 1.22. The van der Waals surface area contributed by atoms with E-state index in [1.54, 1.807) is 26.6 Å². The van der Waals surface area contributed by atoms with Crippen molar-refractivity contribution in [3.63, 3.8) is 0 Å². The molecule has 0 radical (unpaired) electrons. The fourth-order valence-corrected chi connectivity index (χ4v) is 7.10. The van der Waals surface area contributed by atoms with Gasteiger partial charge in [-0.15, -0.1) is 0 Å². The van der Waals surface area contributed by atoms with E-state index in [4.69, 9.17) is 47.6 Å². The minimum atomic E-state index is -0.724. The highest BCUT2D eigenvalue weighted by molar-refractivity contribution is 6.39. The molecule has 2 aromatic carbocycles. The lowest BCUT2D eigenvalue weighted by Gasteiger charge is -2.25. The molecular formula is C36H41Cl2N7O4. The summed E-state index contributed by atoms with van der Waals surface area (Å²) < 4.78 is 11.3. The fourth-order valence-electron chi connectivity index (χ4n) is 6.45. The van der Waals surface area contributed by atoms with E-state index < -0.39 is 5.60 Å². The molecule has 0 saturated carbocycles. The van der Waals surface area contributed by atoms with Crippen LogP contribution >= 0.6 is 23.2 Å². The second-order valence-corrected chi connectivity index (χ2v) is 13.8. The number of nitrogens with one attached hydrogen (secondary N) is 2. The summed E-state index contributed by atoms with van der Waals surface area (Å²) in [5, 5.41) is 17.7. The predicted molar refractivity (Wildman–Crippen MR) is 190 cm³/mol. The second-order valence-electron chi connectivity index (χ2n) is 13.1. The highest BCUT2D eigenvalue weighted by Crippen LogP contribution is 2.42. The van der Waals surface area contributed by atoms with E-state index in [2.05, 4.69) is 20.5 Å². The van der Waals surface area contributed by atoms with E-state index in [9.17, 15) is 9.90 Å². The quantitative estimate of drug-likeness (QED) is 0.172. The zero-order chi connectivity index (χ0) is 34.7. The Morgan fingerprint density at radius 2 is 1.49 bits per heavy atom. The maximum Gasteiger partial charge on any atom is 0.237 e. The number of carbonyl (C=O) groups excluding carboxylic acids is 1. The van der Waals surface area contributed by atoms with Crippen LogP contribution in [0.3, 0.4) is 0 Å². The van der Waals surface area contributed by atoms with Gasteiger partial charge in [0, 0.05) is 66.8 Å². The second kappa shape index (κ2) is 14.9. The van der Waals surface area contributed by atoms with Gasteiger partial charge in [-0.2, -0.15) is 0 Å². The number of methoxy groups -OCH3 is 2. The van der Waals surface area contributed by atoms with Gasteiger partial charge >= 0.3 is 0 Å². The molecule has 2 aliphatic heterocycles. The predicted octanol–water partition coefficient (Wildman–Crippen LogP) is 5.55. The van der Waals surface area contributed by atoms with Gasteiger partial charge in [0.25, 0.3) is 0 Å². The number of amides is 1. The average Bonchev–Trinajstić information content (AvgIpc) is 3.74. The van der Waals surface area contributed by atoms with Crippen LogP contribution in [0.25, 0.3) is 33.6 Å². The van der Waals surface area contributed by atoms with Gasteiger partial charge in [0.05, 0.1) is 53.6 Å². The Bertz CT molecular complexity index is 1830. The third-order valence-corrected chi connectivity index (χ3v) is 10.1. The van der Waals surface area contributed by atoms with E-state index in [1.807, 2.05) is 50.2 Å². The number of carbonyl (C=O) groups is 1. The first kappa shape index (κ1) is 35.0. The Morgan fingerprint density at radius 3 is 2.02 bits per heavy atom. The molecule has 2 saturated heterocycles. The van der Waals surface area contributed by atoms with Crippen molar-refractivity contribution in [2.45, 2.75) is 57.8 Å². The van der Waals surface area contributed by atoms with Crippen LogP contribution in [0.4, 0.5) is 0 Å². The van der Waals surface area contributed by atoms with Crippen molar-refractivity contribution in [2.75, 3.05) is 33.9 Å². The zero-order valence-electron chi connectivity index (χ0n) is 28.1. The lowest BCUT2D eigenvalue weighted by Crippen LogP contribution is -2.35. The van der Waals surface area contributed by atoms with Gasteiger partial charge in [-0.05, 0) is 33.2 Å². The summed E-state index contributed by atoms with van der Waals surface area (Å²) >= 11 is 14.1. The van der Waals surface area contributed by atoms with Crippen LogP contribution in [-0.2, 0) is 17.9 Å². The van der Waals surface area contributed by atoms with Crippen LogP contribution in [0.5, 0.6) is 11.8 Å². The van der Waals surface area contributed by atoms with Crippen LogP contribution in [0, 0.1) is 5.92 Å². The Hall–Kier alpha value is -3.87. The summed E-state index contributed by atoms with van der Waals surface area (Å²) in [6.07, 6.45) is 5.69. The fraction of sp³-hybridized carbons (Fsp3) is 0.417. The molecule has 2 fully saturated rings. The lowest BCUT2D eigenvalue weighted by molar-refractivity contribution is -0.119. The molecule has 0 bridgehead atoms. The Labute approximate surface area is 296 Å². The molecule has 0 spiro atoms. The van der Waals surface area contributed by atoms with Gasteiger partial charge in [0.15, 0.2) is 0 Å². The number of hydrogen-bond donors (Lipinski definition) is 3. The molecular weight excluding hydrogens is 665 g/mol. The number of benzene rings is 2. The van der Waals surface area contributed by atoms with Crippen molar-refractivity contribution in [1.82, 2.24) is 35.5 Å². The standard InChI is InChI=1S/C36H41Cl2N7O4/c1-36(2,47)21-13-14-45(19-21)20-30-35(49-4)44-28(18-41-30)26-10-6-8-24(33(26)38)23-7-5-9-25(32(23)37)27-17-40-29(34(43-27)48-3)16-39-15-22-11-12-31(46)42-22/h5-10,17-18,21-22,39,47H,11-16,19-20H2,1-4H3,(H,42,46)/t21?,22-/m0/s1. The molecule has 1 amide bonds. The van der Waals surface area contributed by atoms with Crippen LogP contribution in [0.2, 0.25) is 10.0 Å². The lowest BCUT2D eigenvalue weighted by atomic mass is 9.90. The highest BCUT2D eigenvalue weighted by Gasteiger charge is 2.34. The van der Waals surface area contributed by atoms with Gasteiger partial charge in [-0.3, -0.25) is 19.7 Å². The van der Waals surface area contributed by atoms with Gasteiger partial charge in [0.1, 0.15) is 11.4 Å². The summed E-state index contributed by atoms with van der Waals surface area (Å²) in [6, 6.07) is 11.5. The van der Waals surface area contributed by atoms with E-state index in [0.717, 1.165) is 42.8 Å². The minimum absolute atomic E-state index is 0.0829. The smallest absolute Gasteiger partial charge is 0.237 e. The number of ether oxygens (including phenoxy) is 2. The first-order valence-corrected chi connectivity index (χ1v) is 17.1. The molecule has 11 nitrogen and oxygen atoms in total. The van der Waals surface area contributed by atoms with Crippen LogP contribution in [0.15, 0.2) is 48.8 Å². The number of hydrogen-bond acceptors (Lipinski definition) is 10. The molecule has 3 N–H and O–H groups in total. The molecule has 4 aromatic rings. The van der Waals surface area contributed by atoms with E-state index in [1.165, 1.54) is 0 Å². The largest absolute Gasteiger partial charge is 0.480 e. The van der Waals surface area contributed by atoms with E-state index in [-0.39, 0.29) is 17.9 Å². The third-order valence-electron chi connectivity index (χ3n) is 9.26. The molecule has 2 aromatic heterocycles. The maximum atomic E-state index is 11.5. The van der Waals surface area contributed by atoms with Crippen LogP contribution < -0.4 is 20.1 Å². The van der Waals surface area contributed by atoms with Gasteiger partial charge in [0.2, 0.25) is 17.7 Å². The monoisotopic (exact) mass is 705 g/mol. The molecule has 49 heavy (non-hydrogen) atoms. The molecule has 1 unspecified atom stereocenters. The van der Waals surface area contributed by atoms with Gasteiger partial charge in [-0.25, -0.2) is 9.97 Å². The van der Waals surface area contributed by atoms with Gasteiger partial charge < -0.3 is 25.2 Å². The molecule has 4 heterocycles. The number of aliphatic hydroxyl groups is 1. The normalized spacial score (nSPS) is 18.1. The first-order valence-electron chi connectivity index (χ1n) is 16.4. The summed E-state index contributed by atoms with van der Waals surface area (Å²) in [6.45, 7) is 7.03. The topological polar surface area (TPSA) is 135 Å². The van der Waals surface area contributed by atoms with Gasteiger partial charge in [-0.1, -0.05) is 59.6 Å². The Kier molecular flexibility index (Phi) is 10.7. The summed E-state index contributed by atoms with van der Waals surface area (Å²) in [5.41, 5.74) is 4.61.